The van der Waals surface area contributed by atoms with E-state index in [1.54, 1.807) is 0 Å². The molecule has 94 valence electrons. The van der Waals surface area contributed by atoms with Crippen molar-refractivity contribution in [1.29, 1.82) is 0 Å². The predicted molar refractivity (Wildman–Crippen MR) is 65.6 cm³/mol. The fraction of sp³-hybridized carbons (Fsp3) is 1.00. The number of nitrogens with zero attached hydrogens (tertiary/aromatic N) is 2. The van der Waals surface area contributed by atoms with Gasteiger partial charge in [0.1, 0.15) is 0 Å². The Morgan fingerprint density at radius 2 is 0.867 bits per heavy atom. The van der Waals surface area contributed by atoms with Crippen LogP contribution in [0, 0.1) is 0 Å². The fourth-order valence-electron chi connectivity index (χ4n) is 1.47. The number of piperidine rings is 2. The number of hydrogen-bond acceptors (Lipinski definition) is 0. The van der Waals surface area contributed by atoms with E-state index in [0.29, 0.717) is 0 Å². The molecule has 5 heteroatoms. The third-order valence-electron chi connectivity index (χ3n) is 2.26. The maximum absolute atomic E-state index is 4.88. The Bertz CT molecular complexity index is 74.6. The van der Waals surface area contributed by atoms with Gasteiger partial charge in [-0.15, -0.1) is 26.2 Å². The van der Waals surface area contributed by atoms with E-state index in [2.05, 4.69) is 10.6 Å². The molecule has 0 unspecified atom stereocenters. The summed E-state index contributed by atoms with van der Waals surface area (Å²) in [5, 5.41) is 8.35. The average Bonchev–Trinajstić information content (AvgIpc) is 2.35. The van der Waals surface area contributed by atoms with Crippen LogP contribution in [-0.2, 0) is 16.5 Å². The van der Waals surface area contributed by atoms with Gasteiger partial charge in [0.2, 0.25) is 0 Å². The molecule has 2 heterocycles. The zero-order valence-corrected chi connectivity index (χ0v) is 12.8. The first-order chi connectivity index (χ1) is 7.41. The second-order valence-corrected chi connectivity index (χ2v) is 6.79. The van der Waals surface area contributed by atoms with Crippen LogP contribution >= 0.6 is 18.8 Å². The second kappa shape index (κ2) is 15.2. The van der Waals surface area contributed by atoms with Gasteiger partial charge in [-0.05, 0) is 0 Å². The molecule has 2 saturated heterocycles. The Kier molecular flexibility index (Phi) is 16.4. The monoisotopic (exact) mass is 433 g/mol. The quantitative estimate of drug-likeness (QED) is 0.539. The van der Waals surface area contributed by atoms with Gasteiger partial charge in [-0.3, -0.25) is 0 Å². The van der Waals surface area contributed by atoms with Crippen LogP contribution in [0.25, 0.3) is 10.6 Å². The van der Waals surface area contributed by atoms with Crippen LogP contribution in [0.3, 0.4) is 0 Å². The molecule has 0 aromatic rings. The van der Waals surface area contributed by atoms with Crippen molar-refractivity contribution in [1.82, 2.24) is 0 Å². The Balaban J connectivity index is 0.000000210. The van der Waals surface area contributed by atoms with Crippen LogP contribution in [0.2, 0.25) is 0 Å². The summed E-state index contributed by atoms with van der Waals surface area (Å²) in [6, 6.07) is 0. The van der Waals surface area contributed by atoms with E-state index in [1.807, 2.05) is 0 Å². The molecule has 0 aromatic heterocycles. The Labute approximate surface area is 110 Å². The number of rotatable bonds is 0. The normalized spacial score (nSPS) is 20.7. The second-order valence-electron chi connectivity index (χ2n) is 3.51. The van der Waals surface area contributed by atoms with Gasteiger partial charge in [0, 0.05) is 0 Å². The van der Waals surface area contributed by atoms with E-state index in [0.717, 1.165) is 26.2 Å². The molecule has 2 aliphatic rings. The van der Waals surface area contributed by atoms with Crippen molar-refractivity contribution in [2.24, 2.45) is 0 Å². The van der Waals surface area contributed by atoms with Crippen LogP contribution < -0.4 is 0 Å². The summed E-state index contributed by atoms with van der Waals surface area (Å²) in [5.41, 5.74) is 0. The van der Waals surface area contributed by atoms with Crippen LogP contribution in [0.4, 0.5) is 0 Å². The van der Waals surface area contributed by atoms with Gasteiger partial charge in [-0.2, -0.15) is 0 Å². The molecular weight excluding hydrogens is 414 g/mol. The van der Waals surface area contributed by atoms with E-state index in [4.69, 9.17) is 18.8 Å². The van der Waals surface area contributed by atoms with Crippen molar-refractivity contribution in [3.05, 3.63) is 10.6 Å². The van der Waals surface area contributed by atoms with Crippen molar-refractivity contribution in [3.8, 4) is 0 Å². The number of hydrogen-bond donors (Lipinski definition) is 0. The maximum atomic E-state index is 4.88. The zero-order chi connectivity index (χ0) is 11.2. The van der Waals surface area contributed by atoms with Crippen LogP contribution in [0.5, 0.6) is 0 Å². The fourth-order valence-corrected chi connectivity index (χ4v) is 1.47. The van der Waals surface area contributed by atoms with Crippen LogP contribution in [0.15, 0.2) is 0 Å². The Morgan fingerprint density at radius 1 is 0.600 bits per heavy atom. The Hall–Kier alpha value is 1.19. The molecule has 0 spiro atoms. The van der Waals surface area contributed by atoms with Gasteiger partial charge < -0.3 is 10.6 Å². The van der Waals surface area contributed by atoms with E-state index in [-0.39, 0.29) is 0 Å². The van der Waals surface area contributed by atoms with Crippen molar-refractivity contribution in [3.63, 3.8) is 0 Å². The average molecular weight is 434 g/mol. The molecule has 0 atom stereocenters. The minimum absolute atomic E-state index is 0.472. The molecule has 2 nitrogen and oxygen atoms in total. The first-order valence-corrected chi connectivity index (χ1v) is 11.1. The van der Waals surface area contributed by atoms with Crippen LogP contribution in [-0.4, -0.2) is 26.2 Å². The molecular formula is C10H20Cl2N2Pt. The third-order valence-corrected chi connectivity index (χ3v) is 2.26. The molecule has 15 heavy (non-hydrogen) atoms. The van der Waals surface area contributed by atoms with Crippen molar-refractivity contribution in [2.75, 3.05) is 26.2 Å². The summed E-state index contributed by atoms with van der Waals surface area (Å²) in [6.07, 6.45) is 8.15. The van der Waals surface area contributed by atoms with E-state index in [1.165, 1.54) is 38.5 Å². The first kappa shape index (κ1) is 16.2. The SMILES string of the molecule is C1CC[N-]CC1.C1CC[N-]CC1.[Cl][Pt+2][Cl]. The summed E-state index contributed by atoms with van der Waals surface area (Å²) in [6.45, 7) is 4.50. The number of halogens is 2. The van der Waals surface area contributed by atoms with Gasteiger partial charge >= 0.3 is 35.3 Å². The summed E-state index contributed by atoms with van der Waals surface area (Å²) in [4.78, 5) is 0. The van der Waals surface area contributed by atoms with Gasteiger partial charge in [0.05, 0.1) is 0 Å². The molecule has 0 amide bonds. The van der Waals surface area contributed by atoms with E-state index >= 15 is 0 Å². The topological polar surface area (TPSA) is 28.2 Å². The van der Waals surface area contributed by atoms with Gasteiger partial charge in [0.25, 0.3) is 0 Å². The molecule has 0 aromatic carbocycles. The molecule has 2 aliphatic heterocycles. The zero-order valence-electron chi connectivity index (χ0n) is 9.04. The van der Waals surface area contributed by atoms with Crippen molar-refractivity contribution < 1.29 is 16.5 Å². The molecule has 0 bridgehead atoms. The summed E-state index contributed by atoms with van der Waals surface area (Å²) >= 11 is -0.472. The molecule has 2 rings (SSSR count). The molecule has 2 fully saturated rings. The molecule has 0 N–H and O–H groups in total. The first-order valence-electron chi connectivity index (χ1n) is 5.50. The van der Waals surface area contributed by atoms with Crippen molar-refractivity contribution in [2.45, 2.75) is 38.5 Å². The van der Waals surface area contributed by atoms with Gasteiger partial charge in [-0.1, -0.05) is 38.5 Å². The molecule has 0 aliphatic carbocycles. The third kappa shape index (κ3) is 15.2. The van der Waals surface area contributed by atoms with Crippen molar-refractivity contribution >= 4 is 18.8 Å². The van der Waals surface area contributed by atoms with E-state index < -0.39 is 16.5 Å². The molecule has 0 saturated carbocycles. The minimum atomic E-state index is -0.472. The van der Waals surface area contributed by atoms with Gasteiger partial charge in [-0.25, -0.2) is 0 Å². The van der Waals surface area contributed by atoms with E-state index in [9.17, 15) is 0 Å². The summed E-state index contributed by atoms with van der Waals surface area (Å²) in [5.74, 6) is 0. The standard InChI is InChI=1S/2C5H10N.2ClH.Pt/c2*1-2-4-6-5-3-1;;;/h2*1-5H2;2*1H;/q2*-1;;;+4/p-2. The van der Waals surface area contributed by atoms with Crippen LogP contribution in [0.1, 0.15) is 38.5 Å². The summed E-state index contributed by atoms with van der Waals surface area (Å²) < 4.78 is 0. The summed E-state index contributed by atoms with van der Waals surface area (Å²) in [7, 11) is 9.75. The predicted octanol–water partition coefficient (Wildman–Crippen LogP) is 4.46. The van der Waals surface area contributed by atoms with Gasteiger partial charge in [0.15, 0.2) is 0 Å². The Morgan fingerprint density at radius 3 is 0.933 bits per heavy atom. The molecule has 0 radical (unpaired) electrons.